The van der Waals surface area contributed by atoms with Crippen LogP contribution in [0.4, 0.5) is 11.4 Å². The van der Waals surface area contributed by atoms with Gasteiger partial charge in [0.05, 0.1) is 13.2 Å². The summed E-state index contributed by atoms with van der Waals surface area (Å²) in [7, 11) is 0. The van der Waals surface area contributed by atoms with Crippen LogP contribution in [0.5, 0.6) is 0 Å². The number of hydrogen-bond donors (Lipinski definition) is 2. The van der Waals surface area contributed by atoms with Crippen molar-refractivity contribution in [1.29, 1.82) is 0 Å². The van der Waals surface area contributed by atoms with Gasteiger partial charge in [0, 0.05) is 37.1 Å². The molecule has 2 aliphatic rings. The zero-order valence-electron chi connectivity index (χ0n) is 13.2. The predicted molar refractivity (Wildman–Crippen MR) is 89.8 cm³/mol. The highest BCUT2D eigenvalue weighted by atomic mass is 16.5. The number of rotatable bonds is 2. The molecule has 1 aromatic rings. The van der Waals surface area contributed by atoms with E-state index in [2.05, 4.69) is 29.3 Å². The number of nitrogens with one attached hydrogen (secondary N) is 1. The number of nitrogens with two attached hydrogens (primary N) is 1. The van der Waals surface area contributed by atoms with Gasteiger partial charge < -0.3 is 20.7 Å². The molecule has 3 N–H and O–H groups in total. The Kier molecular flexibility index (Phi) is 6.83. The van der Waals surface area contributed by atoms with Crippen molar-refractivity contribution in [2.24, 2.45) is 0 Å². The number of nitrogens with zero attached hydrogens (tertiary/aromatic N) is 1. The van der Waals surface area contributed by atoms with Crippen LogP contribution in [0.25, 0.3) is 0 Å². The molecule has 1 unspecified atom stereocenters. The molecule has 2 aliphatic heterocycles. The molecular formula is C17H29N3O. The number of anilines is 2. The molecule has 0 bridgehead atoms. The lowest BCUT2D eigenvalue weighted by molar-refractivity contribution is 0.109. The summed E-state index contributed by atoms with van der Waals surface area (Å²) in [4.78, 5) is 2.53. The highest BCUT2D eigenvalue weighted by Gasteiger charge is 2.20. The molecule has 0 spiro atoms. The van der Waals surface area contributed by atoms with E-state index in [9.17, 15) is 0 Å². The zero-order valence-corrected chi connectivity index (χ0v) is 13.2. The van der Waals surface area contributed by atoms with E-state index in [4.69, 9.17) is 10.5 Å². The van der Waals surface area contributed by atoms with Crippen molar-refractivity contribution in [1.82, 2.24) is 5.32 Å². The lowest BCUT2D eigenvalue weighted by Crippen LogP contribution is -2.39. The van der Waals surface area contributed by atoms with Crippen LogP contribution >= 0.6 is 0 Å². The Morgan fingerprint density at radius 3 is 2.43 bits per heavy atom. The molecule has 4 heteroatoms. The Balaban J connectivity index is 0.000000225. The number of hydrogen-bond acceptors (Lipinski definition) is 4. The second-order valence-electron chi connectivity index (χ2n) is 5.71. The number of morpholine rings is 1. The van der Waals surface area contributed by atoms with Crippen molar-refractivity contribution >= 4 is 11.4 Å². The first-order valence-electron chi connectivity index (χ1n) is 8.22. The number of piperidine rings is 1. The number of benzene rings is 1. The molecule has 2 saturated heterocycles. The van der Waals surface area contributed by atoms with Crippen molar-refractivity contribution in [2.75, 3.05) is 43.5 Å². The van der Waals surface area contributed by atoms with Crippen LogP contribution in [0.3, 0.4) is 0 Å². The molecule has 3 rings (SSSR count). The number of ether oxygens (including phenoxy) is 1. The van der Waals surface area contributed by atoms with Crippen molar-refractivity contribution in [3.63, 3.8) is 0 Å². The van der Waals surface area contributed by atoms with Gasteiger partial charge in [-0.15, -0.1) is 0 Å². The summed E-state index contributed by atoms with van der Waals surface area (Å²) >= 11 is 0. The van der Waals surface area contributed by atoms with Gasteiger partial charge >= 0.3 is 0 Å². The molecule has 0 aliphatic carbocycles. The minimum atomic E-state index is 0.724. The molecule has 4 nitrogen and oxygen atoms in total. The maximum absolute atomic E-state index is 5.70. The first-order valence-corrected chi connectivity index (χ1v) is 8.22. The molecule has 1 atom stereocenters. The van der Waals surface area contributed by atoms with Gasteiger partial charge in [0.1, 0.15) is 0 Å². The standard InChI is InChI=1S/C13H20N2.C4H9NO/c1-2-12-5-3-4-10-15(12)13-8-6-11(14)7-9-13;1-3-6-4-2-5-1/h6-9,12H,2-5,10,14H2,1H3;5H,1-4H2. The summed E-state index contributed by atoms with van der Waals surface area (Å²) in [6, 6.07) is 9.00. The Bertz CT molecular complexity index is 378. The van der Waals surface area contributed by atoms with Crippen molar-refractivity contribution in [3.8, 4) is 0 Å². The summed E-state index contributed by atoms with van der Waals surface area (Å²) in [6.07, 6.45) is 5.27. The van der Waals surface area contributed by atoms with Crippen LogP contribution in [0, 0.1) is 0 Å². The van der Waals surface area contributed by atoms with E-state index in [1.807, 2.05) is 12.1 Å². The maximum atomic E-state index is 5.70. The molecule has 2 fully saturated rings. The van der Waals surface area contributed by atoms with E-state index in [1.165, 1.54) is 37.9 Å². The van der Waals surface area contributed by atoms with E-state index in [-0.39, 0.29) is 0 Å². The molecule has 0 saturated carbocycles. The molecule has 118 valence electrons. The van der Waals surface area contributed by atoms with Crippen LogP contribution in [0.15, 0.2) is 24.3 Å². The Morgan fingerprint density at radius 2 is 1.90 bits per heavy atom. The van der Waals surface area contributed by atoms with Gasteiger partial charge in [-0.1, -0.05) is 6.92 Å². The molecule has 1 aromatic carbocycles. The van der Waals surface area contributed by atoms with E-state index in [0.717, 1.165) is 38.0 Å². The number of nitrogen functional groups attached to an aromatic ring is 1. The SMILES string of the molecule is C1COCCN1.CCC1CCCCN1c1ccc(N)cc1. The summed E-state index contributed by atoms with van der Waals surface area (Å²) in [6.45, 7) is 7.31. The van der Waals surface area contributed by atoms with Gasteiger partial charge in [-0.2, -0.15) is 0 Å². The molecule has 0 aromatic heterocycles. The summed E-state index contributed by atoms with van der Waals surface area (Å²) in [5.74, 6) is 0. The van der Waals surface area contributed by atoms with Crippen LogP contribution < -0.4 is 16.0 Å². The van der Waals surface area contributed by atoms with Crippen LogP contribution in [-0.2, 0) is 4.74 Å². The second-order valence-corrected chi connectivity index (χ2v) is 5.71. The van der Waals surface area contributed by atoms with Crippen LogP contribution in [0.1, 0.15) is 32.6 Å². The maximum Gasteiger partial charge on any atom is 0.0591 e. The topological polar surface area (TPSA) is 50.5 Å². The molecular weight excluding hydrogens is 262 g/mol. The average molecular weight is 291 g/mol. The fraction of sp³-hybridized carbons (Fsp3) is 0.647. The molecule has 21 heavy (non-hydrogen) atoms. The largest absolute Gasteiger partial charge is 0.399 e. The smallest absolute Gasteiger partial charge is 0.0591 e. The van der Waals surface area contributed by atoms with Crippen LogP contribution in [-0.4, -0.2) is 38.9 Å². The van der Waals surface area contributed by atoms with Gasteiger partial charge in [0.25, 0.3) is 0 Å². The Labute approximate surface area is 128 Å². The fourth-order valence-electron chi connectivity index (χ4n) is 2.95. The highest BCUT2D eigenvalue weighted by Crippen LogP contribution is 2.26. The Hall–Kier alpha value is -1.26. The fourth-order valence-corrected chi connectivity index (χ4v) is 2.95. The van der Waals surface area contributed by atoms with Crippen molar-refractivity contribution < 1.29 is 4.74 Å². The van der Waals surface area contributed by atoms with E-state index in [0.29, 0.717) is 0 Å². The third kappa shape index (κ3) is 5.21. The normalized spacial score (nSPS) is 22.3. The average Bonchev–Trinajstić information content (AvgIpc) is 2.58. The quantitative estimate of drug-likeness (QED) is 0.823. The van der Waals surface area contributed by atoms with Gasteiger partial charge in [-0.25, -0.2) is 0 Å². The van der Waals surface area contributed by atoms with Gasteiger partial charge in [0.15, 0.2) is 0 Å². The zero-order chi connectivity index (χ0) is 14.9. The van der Waals surface area contributed by atoms with Crippen LogP contribution in [0.2, 0.25) is 0 Å². The lowest BCUT2D eigenvalue weighted by Gasteiger charge is -2.37. The lowest BCUT2D eigenvalue weighted by atomic mass is 9.99. The van der Waals surface area contributed by atoms with Gasteiger partial charge in [0.2, 0.25) is 0 Å². The van der Waals surface area contributed by atoms with Crippen molar-refractivity contribution in [2.45, 2.75) is 38.6 Å². The Morgan fingerprint density at radius 1 is 1.19 bits per heavy atom. The third-order valence-electron chi connectivity index (χ3n) is 4.17. The summed E-state index contributed by atoms with van der Waals surface area (Å²) in [5, 5.41) is 3.16. The molecule has 0 radical (unpaired) electrons. The van der Waals surface area contributed by atoms with E-state index in [1.54, 1.807) is 0 Å². The van der Waals surface area contributed by atoms with Crippen molar-refractivity contribution in [3.05, 3.63) is 24.3 Å². The molecule has 0 amide bonds. The third-order valence-corrected chi connectivity index (χ3v) is 4.17. The van der Waals surface area contributed by atoms with E-state index >= 15 is 0 Å². The monoisotopic (exact) mass is 291 g/mol. The van der Waals surface area contributed by atoms with E-state index < -0.39 is 0 Å². The first kappa shape index (κ1) is 16.1. The predicted octanol–water partition coefficient (Wildman–Crippen LogP) is 2.64. The van der Waals surface area contributed by atoms with Gasteiger partial charge in [-0.3, -0.25) is 0 Å². The van der Waals surface area contributed by atoms with Gasteiger partial charge in [-0.05, 0) is 49.9 Å². The first-order chi connectivity index (χ1) is 10.3. The second kappa shape index (κ2) is 8.90. The summed E-state index contributed by atoms with van der Waals surface area (Å²) < 4.78 is 5.01. The minimum Gasteiger partial charge on any atom is -0.399 e. The molecule has 2 heterocycles. The highest BCUT2D eigenvalue weighted by molar-refractivity contribution is 5.53. The minimum absolute atomic E-state index is 0.724. The summed E-state index contributed by atoms with van der Waals surface area (Å²) in [5.41, 5.74) is 7.88.